The minimum atomic E-state index is -4.21. The number of nitrogens with zero attached hydrogens (tertiary/aromatic N) is 3. The molecule has 8 nitrogen and oxygen atoms in total. The lowest BCUT2D eigenvalue weighted by molar-refractivity contribution is 0.0520. The number of nitrogens with two attached hydrogens (primary N) is 1. The van der Waals surface area contributed by atoms with Crippen LogP contribution >= 0.6 is 11.3 Å². The average Bonchev–Trinajstić information content (AvgIpc) is 3.59. The Morgan fingerprint density at radius 2 is 1.84 bits per heavy atom. The van der Waals surface area contributed by atoms with E-state index in [1.807, 2.05) is 30.3 Å². The maximum absolute atomic E-state index is 15.0. The molecule has 0 saturated heterocycles. The van der Waals surface area contributed by atoms with Crippen molar-refractivity contribution in [2.24, 2.45) is 11.1 Å². The number of nitriles is 1. The van der Waals surface area contributed by atoms with Crippen LogP contribution < -0.4 is 5.14 Å². The predicted molar refractivity (Wildman–Crippen MR) is 170 cm³/mol. The first-order valence-corrected chi connectivity index (χ1v) is 16.8. The summed E-state index contributed by atoms with van der Waals surface area (Å²) in [5.74, 6) is -0.903. The molecule has 1 aliphatic carbocycles. The first-order chi connectivity index (χ1) is 21.6. The summed E-state index contributed by atoms with van der Waals surface area (Å²) in [6.45, 7) is 2.25. The van der Waals surface area contributed by atoms with Crippen molar-refractivity contribution in [2.75, 3.05) is 6.61 Å². The summed E-state index contributed by atoms with van der Waals surface area (Å²) in [5.41, 5.74) is 6.93. The van der Waals surface area contributed by atoms with Gasteiger partial charge in [-0.15, -0.1) is 11.3 Å². The molecule has 2 aromatic heterocycles. The summed E-state index contributed by atoms with van der Waals surface area (Å²) in [7, 11) is -4.21. The summed E-state index contributed by atoms with van der Waals surface area (Å²) >= 11 is 1.36. The molecule has 1 aliphatic rings. The number of carbonyl (C=O) groups is 1. The van der Waals surface area contributed by atoms with Gasteiger partial charge in [-0.2, -0.15) is 5.26 Å². The van der Waals surface area contributed by atoms with Crippen molar-refractivity contribution in [2.45, 2.75) is 37.6 Å². The molecule has 6 rings (SSSR count). The van der Waals surface area contributed by atoms with Crippen molar-refractivity contribution in [3.63, 3.8) is 0 Å². The van der Waals surface area contributed by atoms with Gasteiger partial charge in [0.2, 0.25) is 10.0 Å². The highest BCUT2D eigenvalue weighted by atomic mass is 32.2. The fourth-order valence-corrected chi connectivity index (χ4v) is 6.77. The first kappa shape index (κ1) is 30.4. The van der Waals surface area contributed by atoms with Crippen LogP contribution in [0.3, 0.4) is 0 Å². The molecular weight excluding hydrogens is 612 g/mol. The van der Waals surface area contributed by atoms with E-state index in [2.05, 4.69) is 27.8 Å². The standard InChI is InChI=1S/C34H29FN4O4S2/c1-2-43-34(40)29-20-44-33(38-29)27-17-30(26-5-3-4-25(16-26)24-11-8-22(18-36)9-12-24)39(31(27)15-21-6-7-21)19-23-10-13-32(28(35)14-23)45(37,41)42/h3-5,8-14,16-17,20-21H,2,6-7,15,19H2,1H3,(H2,37,41,42). The third-order valence-electron chi connectivity index (χ3n) is 7.76. The zero-order valence-corrected chi connectivity index (χ0v) is 26.0. The number of hydrogen-bond donors (Lipinski definition) is 1. The summed E-state index contributed by atoms with van der Waals surface area (Å²) in [6, 6.07) is 23.6. The molecule has 2 heterocycles. The molecule has 11 heteroatoms. The van der Waals surface area contributed by atoms with E-state index < -0.39 is 26.7 Å². The highest BCUT2D eigenvalue weighted by Gasteiger charge is 2.28. The van der Waals surface area contributed by atoms with Gasteiger partial charge in [0.25, 0.3) is 0 Å². The van der Waals surface area contributed by atoms with E-state index in [0.29, 0.717) is 22.1 Å². The van der Waals surface area contributed by atoms with Crippen LogP contribution in [0, 0.1) is 23.1 Å². The largest absolute Gasteiger partial charge is 0.461 e. The zero-order chi connectivity index (χ0) is 31.7. The van der Waals surface area contributed by atoms with E-state index in [1.54, 1.807) is 30.5 Å². The number of benzene rings is 3. The molecule has 1 fully saturated rings. The van der Waals surface area contributed by atoms with E-state index in [-0.39, 0.29) is 18.8 Å². The van der Waals surface area contributed by atoms with Gasteiger partial charge in [-0.3, -0.25) is 0 Å². The smallest absolute Gasteiger partial charge is 0.357 e. The van der Waals surface area contributed by atoms with E-state index in [0.717, 1.165) is 52.9 Å². The van der Waals surface area contributed by atoms with Crippen LogP contribution in [0.2, 0.25) is 0 Å². The van der Waals surface area contributed by atoms with Crippen LogP contribution in [0.5, 0.6) is 0 Å². The fourth-order valence-electron chi connectivity index (χ4n) is 5.36. The third-order valence-corrected chi connectivity index (χ3v) is 9.58. The number of primary sulfonamides is 1. The van der Waals surface area contributed by atoms with E-state index in [9.17, 15) is 22.9 Å². The Balaban J connectivity index is 1.50. The zero-order valence-electron chi connectivity index (χ0n) is 24.4. The summed E-state index contributed by atoms with van der Waals surface area (Å²) in [6.07, 6.45) is 2.95. The van der Waals surface area contributed by atoms with Crippen molar-refractivity contribution in [3.05, 3.63) is 107 Å². The van der Waals surface area contributed by atoms with Crippen LogP contribution in [0.4, 0.5) is 4.39 Å². The van der Waals surface area contributed by atoms with Gasteiger partial charge in [-0.1, -0.05) is 36.4 Å². The number of carbonyl (C=O) groups excluding carboxylic acids is 1. The Bertz CT molecular complexity index is 2060. The Morgan fingerprint density at radius 3 is 2.51 bits per heavy atom. The van der Waals surface area contributed by atoms with Crippen LogP contribution in [-0.2, 0) is 27.7 Å². The second kappa shape index (κ2) is 12.4. The second-order valence-corrected chi connectivity index (χ2v) is 13.3. The van der Waals surface area contributed by atoms with Gasteiger partial charge in [-0.05, 0) is 90.8 Å². The lowest BCUT2D eigenvalue weighted by Gasteiger charge is -2.16. The number of aromatic nitrogens is 2. The van der Waals surface area contributed by atoms with Crippen LogP contribution in [0.15, 0.2) is 83.1 Å². The number of halogens is 1. The molecule has 228 valence electrons. The number of rotatable bonds is 10. The minimum Gasteiger partial charge on any atom is -0.461 e. The van der Waals surface area contributed by atoms with Crippen molar-refractivity contribution in [1.82, 2.24) is 9.55 Å². The molecule has 0 radical (unpaired) electrons. The Kier molecular flexibility index (Phi) is 8.38. The second-order valence-electron chi connectivity index (χ2n) is 11.0. The first-order valence-electron chi connectivity index (χ1n) is 14.4. The van der Waals surface area contributed by atoms with Crippen molar-refractivity contribution < 1.29 is 22.3 Å². The van der Waals surface area contributed by atoms with Gasteiger partial charge in [-0.25, -0.2) is 27.7 Å². The molecule has 3 aromatic carbocycles. The molecule has 0 spiro atoms. The number of ether oxygens (including phenoxy) is 1. The van der Waals surface area contributed by atoms with Crippen LogP contribution in [-0.4, -0.2) is 30.5 Å². The average molecular weight is 641 g/mol. The van der Waals surface area contributed by atoms with Crippen molar-refractivity contribution in [1.29, 1.82) is 5.26 Å². The molecule has 0 unspecified atom stereocenters. The lowest BCUT2D eigenvalue weighted by atomic mass is 10.0. The van der Waals surface area contributed by atoms with Gasteiger partial charge in [0.15, 0.2) is 5.69 Å². The molecule has 0 bridgehead atoms. The molecule has 1 saturated carbocycles. The van der Waals surface area contributed by atoms with Gasteiger partial charge in [0.05, 0.1) is 18.2 Å². The minimum absolute atomic E-state index is 0.243. The lowest BCUT2D eigenvalue weighted by Crippen LogP contribution is -2.14. The Hall–Kier alpha value is -4.63. The van der Waals surface area contributed by atoms with Gasteiger partial charge in [0.1, 0.15) is 15.7 Å². The monoisotopic (exact) mass is 640 g/mol. The fraction of sp³-hybridized carbons (Fsp3) is 0.206. The predicted octanol–water partition coefficient (Wildman–Crippen LogP) is 6.78. The number of hydrogen-bond acceptors (Lipinski definition) is 7. The van der Waals surface area contributed by atoms with E-state index in [1.165, 1.54) is 23.5 Å². The number of sulfonamides is 1. The normalized spacial score (nSPS) is 13.0. The quantitative estimate of drug-likeness (QED) is 0.168. The Morgan fingerprint density at radius 1 is 1.09 bits per heavy atom. The molecule has 0 atom stereocenters. The van der Waals surface area contributed by atoms with Gasteiger partial charge in [0, 0.05) is 28.9 Å². The summed E-state index contributed by atoms with van der Waals surface area (Å²) in [4.78, 5) is 16.5. The molecule has 0 aliphatic heterocycles. The summed E-state index contributed by atoms with van der Waals surface area (Å²) in [5, 5.41) is 16.8. The maximum atomic E-state index is 15.0. The number of thiazole rings is 1. The molecule has 45 heavy (non-hydrogen) atoms. The molecule has 0 amide bonds. The van der Waals surface area contributed by atoms with E-state index >= 15 is 0 Å². The highest BCUT2D eigenvalue weighted by Crippen LogP contribution is 2.41. The summed E-state index contributed by atoms with van der Waals surface area (Å²) < 4.78 is 46.0. The molecule has 2 N–H and O–H groups in total. The van der Waals surface area contributed by atoms with Crippen molar-refractivity contribution in [3.8, 4) is 39.0 Å². The van der Waals surface area contributed by atoms with Crippen LogP contribution in [0.25, 0.3) is 33.0 Å². The maximum Gasteiger partial charge on any atom is 0.357 e. The molecule has 5 aromatic rings. The number of esters is 1. The van der Waals surface area contributed by atoms with Gasteiger partial charge < -0.3 is 9.30 Å². The third kappa shape index (κ3) is 6.59. The molecular formula is C34H29FN4O4S2. The Labute approximate surface area is 264 Å². The van der Waals surface area contributed by atoms with E-state index in [4.69, 9.17) is 9.88 Å². The topological polar surface area (TPSA) is 128 Å². The van der Waals surface area contributed by atoms with Gasteiger partial charge >= 0.3 is 5.97 Å². The highest BCUT2D eigenvalue weighted by molar-refractivity contribution is 7.89. The van der Waals surface area contributed by atoms with Crippen molar-refractivity contribution >= 4 is 27.3 Å². The van der Waals surface area contributed by atoms with Crippen LogP contribution in [0.1, 0.15) is 47.1 Å². The SMILES string of the molecule is CCOC(=O)c1csc(-c2cc(-c3cccc(-c4ccc(C#N)cc4)c3)n(Cc3ccc(S(N)(=O)=O)c(F)c3)c2CC2CC2)n1.